The first-order valence-electron chi connectivity index (χ1n) is 45.8. The minimum atomic E-state index is -2.56. The van der Waals surface area contributed by atoms with Crippen LogP contribution in [-0.2, 0) is 38.0 Å². The average molecular weight is 1900 g/mol. The van der Waals surface area contributed by atoms with Crippen LogP contribution in [0.2, 0.25) is 0 Å². The number of halogens is 1. The summed E-state index contributed by atoms with van der Waals surface area (Å²) >= 11 is 4.24. The molecule has 3 atom stereocenters. The number of carbonyl (C=O) groups is 6. The number of hydrogen-bond acceptors (Lipinski definition) is 20. The summed E-state index contributed by atoms with van der Waals surface area (Å²) in [6, 6.07) is 47.5. The number of Topliss-reactive ketones (excluding diaryl/α,β-unsaturated/α-hetero) is 1. The van der Waals surface area contributed by atoms with Crippen LogP contribution in [0.15, 0.2) is 186 Å². The van der Waals surface area contributed by atoms with Crippen molar-refractivity contribution in [1.29, 1.82) is 0 Å². The van der Waals surface area contributed by atoms with Gasteiger partial charge in [-0.05, 0) is 221 Å². The van der Waals surface area contributed by atoms with Crippen LogP contribution in [0.5, 0.6) is 0 Å². The number of epoxide rings is 2. The number of aliphatic hydroxyl groups is 1. The minimum Gasteiger partial charge on any atom is -0.444 e. The molecule has 16 rings (SSSR count). The van der Waals surface area contributed by atoms with Crippen LogP contribution in [0.3, 0.4) is 0 Å². The summed E-state index contributed by atoms with van der Waals surface area (Å²) in [7, 11) is 0. The van der Waals surface area contributed by atoms with E-state index in [-0.39, 0.29) is 58.6 Å². The maximum absolute atomic E-state index is 13.3. The number of nitrogens with zero attached hydrogens (tertiary/aromatic N) is 12. The third kappa shape index (κ3) is 27.8. The Labute approximate surface area is 785 Å². The number of nitrogens with one attached hydrogen (secondary N) is 1. The van der Waals surface area contributed by atoms with Gasteiger partial charge in [-0.1, -0.05) is 47.0 Å². The Morgan fingerprint density at radius 3 is 1.09 bits per heavy atom. The SMILES string of the molecule is CC(C)(C)OC(=O)N1CCC(=O)CC1.CC1OC12CCN(C(=O)OC(C)(C)C)CC2.CC1OC12CCN(C(=O)OC(C)(C)C)CC2.CC=C1CCN(C(=O)OC(C)(C)C)CC1.CP(Br)(c1ccccc1)(c1ccccc1)c1ccccc1.Cc1ccc(-n2ncc3c(=O)[nH]cnc32)cc1.Cc1ccc(-n2ncc3c(=O)n(C(C)C4(O)CCN(C(=O)OC(C)(C)C)CC4)cnc32)cc1. The molecule has 7 aliphatic rings. The first-order valence-corrected chi connectivity index (χ1v) is 50.6. The number of aromatic nitrogens is 8. The van der Waals surface area contributed by atoms with E-state index in [1.165, 1.54) is 56.7 Å². The average Bonchev–Trinajstić information content (AvgIpc) is 0.883. The second kappa shape index (κ2) is 42.7. The van der Waals surface area contributed by atoms with Crippen LogP contribution in [0.25, 0.3) is 33.4 Å². The third-order valence-corrected chi connectivity index (χ3v) is 32.4. The predicted molar refractivity (Wildman–Crippen MR) is 522 cm³/mol. The fourth-order valence-corrected chi connectivity index (χ4v) is 21.7. The van der Waals surface area contributed by atoms with Gasteiger partial charge in [-0.25, -0.2) is 43.3 Å². The van der Waals surface area contributed by atoms with E-state index in [1.807, 2.05) is 173 Å². The summed E-state index contributed by atoms with van der Waals surface area (Å²) in [5.74, 6) is 0.227. The fourth-order valence-electron chi connectivity index (χ4n) is 16.0. The Bertz CT molecular complexity index is 5370. The van der Waals surface area contributed by atoms with Crippen molar-refractivity contribution in [2.45, 2.75) is 273 Å². The van der Waals surface area contributed by atoms with Gasteiger partial charge in [-0.15, -0.1) is 0 Å². The van der Waals surface area contributed by atoms with Crippen molar-refractivity contribution in [3.8, 4) is 11.4 Å². The minimum absolute atomic E-state index is 0.0819. The van der Waals surface area contributed by atoms with Gasteiger partial charge in [-0.2, -0.15) is 10.2 Å². The van der Waals surface area contributed by atoms with E-state index in [4.69, 9.17) is 33.2 Å². The van der Waals surface area contributed by atoms with Crippen LogP contribution in [0.1, 0.15) is 213 Å². The molecule has 0 bridgehead atoms. The number of aromatic amines is 1. The van der Waals surface area contributed by atoms with E-state index in [1.54, 1.807) is 33.9 Å². The molecule has 7 fully saturated rings. The van der Waals surface area contributed by atoms with Gasteiger partial charge in [0.05, 0.1) is 65.1 Å². The number of allylic oxidation sites excluding steroid dienone is 1. The second-order valence-corrected chi connectivity index (χ2v) is 49.9. The Morgan fingerprint density at radius 1 is 0.470 bits per heavy atom. The van der Waals surface area contributed by atoms with Gasteiger partial charge in [-0.3, -0.25) is 19.0 Å². The zero-order valence-corrected chi connectivity index (χ0v) is 83.8. The molecule has 7 saturated heterocycles. The molecule has 2 N–H and O–H groups in total. The van der Waals surface area contributed by atoms with Gasteiger partial charge < -0.3 is 67.7 Å². The Morgan fingerprint density at radius 2 is 0.773 bits per heavy atom. The maximum atomic E-state index is 13.3. The number of carbonyl (C=O) groups excluding carboxylic acids is 6. The Hall–Kier alpha value is -10.6. The van der Waals surface area contributed by atoms with Crippen LogP contribution < -0.4 is 27.0 Å². The monoisotopic (exact) mass is 1900 g/mol. The quantitative estimate of drug-likeness (QED) is 0.0648. The number of ether oxygens (including phenoxy) is 7. The van der Waals surface area contributed by atoms with Crippen LogP contribution in [-0.4, -0.2) is 234 Å². The smallest absolute Gasteiger partial charge is 0.410 e. The first-order chi connectivity index (χ1) is 61.8. The van der Waals surface area contributed by atoms with E-state index >= 15 is 0 Å². The van der Waals surface area contributed by atoms with Crippen molar-refractivity contribution in [1.82, 2.24) is 63.6 Å². The third-order valence-electron chi connectivity index (χ3n) is 24.2. The first kappa shape index (κ1) is 103. The summed E-state index contributed by atoms with van der Waals surface area (Å²) in [6.07, 6.45) is 14.8. The van der Waals surface area contributed by atoms with Crippen LogP contribution in [0, 0.1) is 13.8 Å². The van der Waals surface area contributed by atoms with E-state index in [0.717, 1.165) is 94.7 Å². The van der Waals surface area contributed by atoms with E-state index in [9.17, 15) is 43.5 Å². The van der Waals surface area contributed by atoms with Gasteiger partial charge in [0.2, 0.25) is 0 Å². The van der Waals surface area contributed by atoms with Crippen molar-refractivity contribution < 1.29 is 67.0 Å². The summed E-state index contributed by atoms with van der Waals surface area (Å²) in [5, 5.41) is 22.3. The number of ketones is 1. The molecule has 4 aromatic heterocycles. The largest absolute Gasteiger partial charge is 0.444 e. The molecular weight excluding hydrogens is 1760 g/mol. The summed E-state index contributed by atoms with van der Waals surface area (Å²) < 4.78 is 42.6. The number of hydrogen-bond donors (Lipinski definition) is 2. The molecule has 716 valence electrons. The van der Waals surface area contributed by atoms with Gasteiger partial charge in [0.25, 0.3) is 11.1 Å². The molecular formula is C101H139BrN13O16P. The van der Waals surface area contributed by atoms with Gasteiger partial charge in [0.1, 0.15) is 50.9 Å². The number of aryl methyl sites for hydroxylation is 2. The van der Waals surface area contributed by atoms with Crippen molar-refractivity contribution in [3.63, 3.8) is 0 Å². The standard InChI is InChI=1S/C24H31N5O4.C19H18BrP.C12H10N4O.2C12H21NO3.C12H21NO2.C10H17NO3/c1-16-6-8-18(9-7-16)29-20-19(14-26-29)21(30)28(15-25-20)17(2)24(32)10-12-27(13-11-24)22(31)33-23(3,4)5;1-21(20,17-11-5-2-6-12-17,18-13-7-3-8-14-18)19-15-9-4-10-16-19;1-8-2-4-9(5-3-8)16-11-10(6-15-16)12(17)14-7-13-11;2*1-9-12(15-9)5-7-13(8-6-12)10(14)16-11(2,3)4;1-5-10-6-8-13(9-7-10)11(14)15-12(2,3)4;1-10(2,3)14-9(13)11-6-4-8(12)5-7-11/h6-9,14-15,17,32H,10-13H2,1-5H3;2-16H,1H3;2-7H,1H3,(H,13,14,17);2*9H,5-8H2,1-4H3;5H,6-9H2,1-4H3;4-7H2,1-3H3. The molecule has 5 aromatic carbocycles. The fraction of sp³-hybridized carbons (Fsp3) is 0.525. The number of rotatable bonds is 7. The number of benzene rings is 5. The predicted octanol–water partition coefficient (Wildman–Crippen LogP) is 18.0. The zero-order valence-electron chi connectivity index (χ0n) is 81.3. The summed E-state index contributed by atoms with van der Waals surface area (Å²) in [4.78, 5) is 115. The van der Waals surface area contributed by atoms with E-state index in [0.29, 0.717) is 86.1 Å². The molecule has 0 radical (unpaired) electrons. The van der Waals surface area contributed by atoms with Crippen molar-refractivity contribution in [2.24, 2.45) is 0 Å². The molecule has 11 heterocycles. The van der Waals surface area contributed by atoms with Crippen molar-refractivity contribution in [2.75, 3.05) is 72.1 Å². The number of piperidine rings is 5. The molecule has 132 heavy (non-hydrogen) atoms. The Balaban J connectivity index is 0.000000164. The molecule has 31 heteroatoms. The van der Waals surface area contributed by atoms with Crippen LogP contribution in [0.4, 0.5) is 24.0 Å². The number of amides is 5. The summed E-state index contributed by atoms with van der Waals surface area (Å²) in [5.41, 5.74) is 2.85. The van der Waals surface area contributed by atoms with Crippen molar-refractivity contribution in [3.05, 3.63) is 208 Å². The Kier molecular flexibility index (Phi) is 33.5. The van der Waals surface area contributed by atoms with Gasteiger partial charge in [0, 0.05) is 78.3 Å². The molecule has 5 amide bonds. The van der Waals surface area contributed by atoms with E-state index in [2.05, 4.69) is 165 Å². The van der Waals surface area contributed by atoms with Crippen LogP contribution >= 0.6 is 20.8 Å². The maximum Gasteiger partial charge on any atom is 0.410 e. The molecule has 7 aliphatic heterocycles. The van der Waals surface area contributed by atoms with Gasteiger partial charge in [0.15, 0.2) is 11.3 Å². The number of fused-ring (bicyclic) bond motifs is 2. The number of likely N-dealkylation sites (tertiary alicyclic amines) is 5. The summed E-state index contributed by atoms with van der Waals surface area (Å²) in [6.45, 7) is 48.7. The molecule has 9 aromatic rings. The normalized spacial score (nSPS) is 18.5. The molecule has 3 unspecified atom stereocenters. The van der Waals surface area contributed by atoms with E-state index < -0.39 is 45.0 Å². The molecule has 2 spiro atoms. The van der Waals surface area contributed by atoms with Gasteiger partial charge >= 0.3 is 165 Å². The second-order valence-electron chi connectivity index (χ2n) is 40.1. The molecule has 0 saturated carbocycles. The topological polar surface area (TPSA) is 326 Å². The number of H-pyrrole nitrogens is 1. The zero-order chi connectivity index (χ0) is 96.8. The molecule has 0 aliphatic carbocycles. The van der Waals surface area contributed by atoms with Crippen molar-refractivity contribution >= 4 is 95.0 Å². The molecule has 29 nitrogen and oxygen atoms in total.